The summed E-state index contributed by atoms with van der Waals surface area (Å²) in [5.74, 6) is -0.951. The van der Waals surface area contributed by atoms with Crippen LogP contribution in [0.15, 0.2) is 69.1 Å². The molecule has 2 aromatic carbocycles. The molecule has 0 spiro atoms. The number of hydrogen-bond acceptors (Lipinski definition) is 6. The normalized spacial score (nSPS) is 11.8. The quantitative estimate of drug-likeness (QED) is 0.422. The zero-order valence-corrected chi connectivity index (χ0v) is 20.1. The minimum atomic E-state index is -4.46. The van der Waals surface area contributed by atoms with Crippen molar-refractivity contribution in [1.29, 1.82) is 5.26 Å². The molecule has 3 rings (SSSR count). The molecule has 0 saturated carbocycles. The Labute approximate surface area is 193 Å². The number of aryl methyl sites for hydroxylation is 1. The van der Waals surface area contributed by atoms with Crippen molar-refractivity contribution in [3.05, 3.63) is 76.3 Å². The predicted octanol–water partition coefficient (Wildman–Crippen LogP) is 3.61. The van der Waals surface area contributed by atoms with E-state index in [0.29, 0.717) is 4.31 Å². The van der Waals surface area contributed by atoms with Crippen molar-refractivity contribution in [3.63, 3.8) is 0 Å². The van der Waals surface area contributed by atoms with Gasteiger partial charge in [0.1, 0.15) is 17.4 Å². The van der Waals surface area contributed by atoms with Gasteiger partial charge in [0.2, 0.25) is 0 Å². The first-order valence-corrected chi connectivity index (χ1v) is 12.6. The van der Waals surface area contributed by atoms with Crippen LogP contribution in [0.5, 0.6) is 0 Å². The first-order chi connectivity index (χ1) is 15.0. The fraction of sp³-hybridized carbons (Fsp3) is 0.150. The lowest BCUT2D eigenvalue weighted by Gasteiger charge is -2.23. The van der Waals surface area contributed by atoms with Crippen molar-refractivity contribution in [2.24, 2.45) is 0 Å². The van der Waals surface area contributed by atoms with Gasteiger partial charge in [-0.05, 0) is 53.2 Å². The summed E-state index contributed by atoms with van der Waals surface area (Å²) >= 11 is 3.09. The minimum absolute atomic E-state index is 0.0116. The molecule has 0 N–H and O–H groups in total. The lowest BCUT2D eigenvalue weighted by atomic mass is 10.2. The van der Waals surface area contributed by atoms with Gasteiger partial charge in [0.15, 0.2) is 0 Å². The third-order valence-corrected chi connectivity index (χ3v) is 8.77. The largest absolute Gasteiger partial charge is 0.363 e. The van der Waals surface area contributed by atoms with Crippen LogP contribution >= 0.6 is 15.9 Å². The summed E-state index contributed by atoms with van der Waals surface area (Å²) in [5.41, 5.74) is 0.519. The van der Waals surface area contributed by atoms with Crippen LogP contribution in [0.25, 0.3) is 0 Å². The Morgan fingerprint density at radius 3 is 2.34 bits per heavy atom. The lowest BCUT2D eigenvalue weighted by molar-refractivity contribution is 0.209. The first-order valence-electron chi connectivity index (χ1n) is 8.93. The number of anilines is 1. The highest BCUT2D eigenvalue weighted by Gasteiger charge is 2.32. The molecular formula is C20H17BrFN3O5S2. The van der Waals surface area contributed by atoms with E-state index in [9.17, 15) is 21.2 Å². The van der Waals surface area contributed by atoms with Crippen molar-refractivity contribution in [3.8, 4) is 6.07 Å². The number of ether oxygens (including phenoxy) is 1. The summed E-state index contributed by atoms with van der Waals surface area (Å²) in [5, 5.41) is 8.92. The van der Waals surface area contributed by atoms with Crippen LogP contribution in [0.4, 0.5) is 10.1 Å². The average Bonchev–Trinajstić information content (AvgIpc) is 3.16. The van der Waals surface area contributed by atoms with Gasteiger partial charge in [0, 0.05) is 19.5 Å². The Bertz CT molecular complexity index is 1410. The maximum absolute atomic E-state index is 14.6. The van der Waals surface area contributed by atoms with Gasteiger partial charge in [-0.15, -0.1) is 0 Å². The molecule has 0 fully saturated rings. The van der Waals surface area contributed by atoms with E-state index < -0.39 is 37.5 Å². The van der Waals surface area contributed by atoms with E-state index >= 15 is 0 Å². The molecule has 0 saturated heterocycles. The number of nitrogens with zero attached hydrogens (tertiary/aromatic N) is 3. The van der Waals surface area contributed by atoms with Crippen molar-refractivity contribution in [2.45, 2.75) is 16.7 Å². The van der Waals surface area contributed by atoms with Crippen LogP contribution in [-0.4, -0.2) is 34.6 Å². The molecule has 8 nitrogen and oxygen atoms in total. The zero-order chi connectivity index (χ0) is 23.7. The Kier molecular flexibility index (Phi) is 6.75. The van der Waals surface area contributed by atoms with Gasteiger partial charge < -0.3 is 4.74 Å². The standard InChI is InChI=1S/C20H17BrFN3O5S2/c1-14-3-6-16(7-4-14)31(26,27)24-11-17(21)20(12-24)32(28,29)25(13-30-2)19-8-5-15(10-23)9-18(19)22/h3-9,11-12H,13H2,1-2H3. The Morgan fingerprint density at radius 2 is 1.78 bits per heavy atom. The van der Waals surface area contributed by atoms with E-state index in [0.717, 1.165) is 34.1 Å². The second-order valence-corrected chi connectivity index (χ2v) is 11.2. The van der Waals surface area contributed by atoms with Crippen LogP contribution in [-0.2, 0) is 24.8 Å². The average molecular weight is 542 g/mol. The van der Waals surface area contributed by atoms with Gasteiger partial charge in [-0.1, -0.05) is 17.7 Å². The highest BCUT2D eigenvalue weighted by Crippen LogP contribution is 2.32. The summed E-state index contributed by atoms with van der Waals surface area (Å²) in [4.78, 5) is -0.435. The lowest BCUT2D eigenvalue weighted by Crippen LogP contribution is -2.33. The van der Waals surface area contributed by atoms with Gasteiger partial charge in [-0.25, -0.2) is 29.5 Å². The zero-order valence-electron chi connectivity index (χ0n) is 16.9. The second kappa shape index (κ2) is 9.03. The van der Waals surface area contributed by atoms with Crippen LogP contribution in [0, 0.1) is 24.1 Å². The number of rotatable bonds is 7. The van der Waals surface area contributed by atoms with Crippen molar-refractivity contribution in [1.82, 2.24) is 3.97 Å². The number of benzene rings is 2. The monoisotopic (exact) mass is 541 g/mol. The number of nitriles is 1. The van der Waals surface area contributed by atoms with Crippen molar-refractivity contribution >= 4 is 41.7 Å². The maximum atomic E-state index is 14.6. The predicted molar refractivity (Wildman–Crippen MR) is 119 cm³/mol. The summed E-state index contributed by atoms with van der Waals surface area (Å²) in [6.45, 7) is 1.26. The molecule has 1 heterocycles. The van der Waals surface area contributed by atoms with E-state index in [1.165, 1.54) is 25.3 Å². The highest BCUT2D eigenvalue weighted by molar-refractivity contribution is 9.10. The number of hydrogen-bond donors (Lipinski definition) is 0. The van der Waals surface area contributed by atoms with Crippen LogP contribution in [0.2, 0.25) is 0 Å². The topological polar surface area (TPSA) is 109 Å². The van der Waals surface area contributed by atoms with E-state index in [4.69, 9.17) is 10.00 Å². The fourth-order valence-corrected chi connectivity index (χ4v) is 6.62. The molecule has 0 aliphatic carbocycles. The molecular weight excluding hydrogens is 525 g/mol. The molecule has 3 aromatic rings. The molecule has 0 amide bonds. The molecule has 0 atom stereocenters. The summed E-state index contributed by atoms with van der Waals surface area (Å²) in [6.07, 6.45) is 2.03. The van der Waals surface area contributed by atoms with E-state index in [1.807, 2.05) is 0 Å². The number of sulfonamides is 1. The van der Waals surface area contributed by atoms with Crippen LogP contribution in [0.1, 0.15) is 11.1 Å². The molecule has 0 radical (unpaired) electrons. The Balaban J connectivity index is 2.11. The summed E-state index contributed by atoms with van der Waals surface area (Å²) < 4.78 is 73.5. The van der Waals surface area contributed by atoms with E-state index in [-0.39, 0.29) is 20.6 Å². The van der Waals surface area contributed by atoms with Gasteiger partial charge in [-0.3, -0.25) is 0 Å². The third kappa shape index (κ3) is 4.42. The van der Waals surface area contributed by atoms with Crippen molar-refractivity contribution < 1.29 is 26.0 Å². The number of aromatic nitrogens is 1. The Morgan fingerprint density at radius 1 is 1.12 bits per heavy atom. The summed E-state index contributed by atoms with van der Waals surface area (Å²) in [7, 11) is -7.31. The molecule has 0 unspecified atom stereocenters. The van der Waals surface area contributed by atoms with Crippen molar-refractivity contribution in [2.75, 3.05) is 18.1 Å². The fourth-order valence-electron chi connectivity index (χ4n) is 2.83. The smallest absolute Gasteiger partial charge is 0.269 e. The van der Waals surface area contributed by atoms with Gasteiger partial charge >= 0.3 is 0 Å². The van der Waals surface area contributed by atoms with E-state index in [2.05, 4.69) is 15.9 Å². The minimum Gasteiger partial charge on any atom is -0.363 e. The number of halogens is 2. The molecule has 1 aromatic heterocycles. The first kappa shape index (κ1) is 23.9. The second-order valence-electron chi connectivity index (χ2n) is 6.67. The third-order valence-electron chi connectivity index (χ3n) is 4.48. The molecule has 0 aliphatic heterocycles. The SMILES string of the molecule is COCN(c1ccc(C#N)cc1F)S(=O)(=O)c1cn(S(=O)(=O)c2ccc(C)cc2)cc1Br. The molecule has 32 heavy (non-hydrogen) atoms. The molecule has 0 bridgehead atoms. The molecule has 0 aliphatic rings. The molecule has 168 valence electrons. The summed E-state index contributed by atoms with van der Waals surface area (Å²) in [6, 6.07) is 11.1. The molecule has 12 heteroatoms. The van der Waals surface area contributed by atoms with Crippen LogP contribution < -0.4 is 4.31 Å². The maximum Gasteiger partial charge on any atom is 0.269 e. The van der Waals surface area contributed by atoms with Gasteiger partial charge in [0.25, 0.3) is 20.0 Å². The Hall–Kier alpha value is -2.72. The van der Waals surface area contributed by atoms with Crippen LogP contribution in [0.3, 0.4) is 0 Å². The highest BCUT2D eigenvalue weighted by atomic mass is 79.9. The van der Waals surface area contributed by atoms with Gasteiger partial charge in [-0.2, -0.15) is 5.26 Å². The number of methoxy groups -OCH3 is 1. The van der Waals surface area contributed by atoms with Gasteiger partial charge in [0.05, 0.1) is 26.7 Å². The van der Waals surface area contributed by atoms with E-state index in [1.54, 1.807) is 25.1 Å².